The molecule has 0 atom stereocenters. The number of rotatable bonds is 2. The van der Waals surface area contributed by atoms with Crippen molar-refractivity contribution in [2.24, 2.45) is 0 Å². The first-order valence-corrected chi connectivity index (χ1v) is 7.24. The number of pyridine rings is 1. The summed E-state index contributed by atoms with van der Waals surface area (Å²) in [4.78, 5) is 3.88. The minimum atomic E-state index is -2.83. The normalized spacial score (nSPS) is 19.5. The van der Waals surface area contributed by atoms with Crippen molar-refractivity contribution in [2.45, 2.75) is 18.9 Å². The van der Waals surface area contributed by atoms with E-state index in [0.717, 1.165) is 5.69 Å². The Hall–Kier alpha value is -1.61. The van der Waals surface area contributed by atoms with Gasteiger partial charge in [0.25, 0.3) is 0 Å². The summed E-state index contributed by atoms with van der Waals surface area (Å²) >= 11 is 0. The fourth-order valence-electron chi connectivity index (χ4n) is 1.85. The lowest BCUT2D eigenvalue weighted by molar-refractivity contribution is 0.559. The van der Waals surface area contributed by atoms with Gasteiger partial charge in [-0.25, -0.2) is 13.4 Å². The zero-order valence-corrected chi connectivity index (χ0v) is 10.1. The Kier molecular flexibility index (Phi) is 3.29. The molecule has 0 aliphatic carbocycles. The highest BCUT2D eigenvalue weighted by Crippen LogP contribution is 2.17. The third-order valence-corrected chi connectivity index (χ3v) is 4.52. The molecule has 1 fully saturated rings. The fourth-order valence-corrected chi connectivity index (χ4v) is 3.34. The summed E-state index contributed by atoms with van der Waals surface area (Å²) in [5.41, 5.74) is 1.18. The van der Waals surface area contributed by atoms with Gasteiger partial charge in [0.1, 0.15) is 21.6 Å². The van der Waals surface area contributed by atoms with E-state index in [0.29, 0.717) is 18.5 Å². The van der Waals surface area contributed by atoms with E-state index in [1.807, 2.05) is 6.07 Å². The predicted octanol–water partition coefficient (Wildman–Crippen LogP) is 0.942. The van der Waals surface area contributed by atoms with E-state index in [9.17, 15) is 8.42 Å². The van der Waals surface area contributed by atoms with Crippen molar-refractivity contribution in [1.82, 2.24) is 4.98 Å². The van der Waals surface area contributed by atoms with Crippen molar-refractivity contribution in [2.75, 3.05) is 16.8 Å². The molecular formula is C11H13N3O2S. The average molecular weight is 251 g/mol. The maximum atomic E-state index is 11.3. The van der Waals surface area contributed by atoms with Crippen LogP contribution in [0.4, 0.5) is 5.69 Å². The van der Waals surface area contributed by atoms with Gasteiger partial charge in [-0.2, -0.15) is 5.26 Å². The molecule has 0 saturated carbocycles. The van der Waals surface area contributed by atoms with Crippen LogP contribution in [0, 0.1) is 11.3 Å². The van der Waals surface area contributed by atoms with Crippen molar-refractivity contribution in [3.05, 3.63) is 24.0 Å². The van der Waals surface area contributed by atoms with Gasteiger partial charge in [0.05, 0.1) is 11.5 Å². The van der Waals surface area contributed by atoms with E-state index < -0.39 is 9.84 Å². The molecule has 0 radical (unpaired) electrons. The van der Waals surface area contributed by atoms with E-state index in [2.05, 4.69) is 10.3 Å². The van der Waals surface area contributed by atoms with Gasteiger partial charge in [-0.05, 0) is 25.0 Å². The second kappa shape index (κ2) is 4.72. The Labute approximate surface area is 100 Å². The van der Waals surface area contributed by atoms with Gasteiger partial charge >= 0.3 is 0 Å². The summed E-state index contributed by atoms with van der Waals surface area (Å²) in [5.74, 6) is 0.474. The summed E-state index contributed by atoms with van der Waals surface area (Å²) in [7, 11) is -2.83. The number of hydrogen-bond donors (Lipinski definition) is 1. The molecule has 0 bridgehead atoms. The quantitative estimate of drug-likeness (QED) is 0.845. The minimum absolute atomic E-state index is 0.160. The maximum Gasteiger partial charge on any atom is 0.150 e. The van der Waals surface area contributed by atoms with Crippen LogP contribution in [0.3, 0.4) is 0 Å². The van der Waals surface area contributed by atoms with Crippen LogP contribution in [0.25, 0.3) is 0 Å². The first kappa shape index (κ1) is 11.9. The van der Waals surface area contributed by atoms with Crippen LogP contribution in [-0.2, 0) is 9.84 Å². The summed E-state index contributed by atoms with van der Waals surface area (Å²) in [5, 5.41) is 12.0. The Balaban J connectivity index is 2.00. The highest BCUT2D eigenvalue weighted by molar-refractivity contribution is 7.91. The average Bonchev–Trinajstić information content (AvgIpc) is 2.32. The summed E-state index contributed by atoms with van der Waals surface area (Å²) < 4.78 is 22.5. The van der Waals surface area contributed by atoms with E-state index in [4.69, 9.17) is 5.26 Å². The molecule has 2 rings (SSSR count). The van der Waals surface area contributed by atoms with Crippen LogP contribution in [0.1, 0.15) is 18.5 Å². The Morgan fingerprint density at radius 1 is 1.41 bits per heavy atom. The second-order valence-corrected chi connectivity index (χ2v) is 6.42. The van der Waals surface area contributed by atoms with E-state index in [1.54, 1.807) is 18.3 Å². The third kappa shape index (κ3) is 3.17. The molecular weight excluding hydrogens is 238 g/mol. The molecule has 1 aliphatic rings. The summed E-state index contributed by atoms with van der Waals surface area (Å²) in [6, 6.07) is 5.58. The number of sulfone groups is 1. The molecule has 1 aromatic heterocycles. The molecule has 0 amide bonds. The van der Waals surface area contributed by atoms with Gasteiger partial charge in [0, 0.05) is 17.9 Å². The summed E-state index contributed by atoms with van der Waals surface area (Å²) in [6.45, 7) is 0. The van der Waals surface area contributed by atoms with Crippen LogP contribution >= 0.6 is 0 Å². The van der Waals surface area contributed by atoms with Crippen molar-refractivity contribution in [1.29, 1.82) is 5.26 Å². The van der Waals surface area contributed by atoms with Gasteiger partial charge < -0.3 is 5.32 Å². The van der Waals surface area contributed by atoms with Crippen LogP contribution in [0.2, 0.25) is 0 Å². The van der Waals surface area contributed by atoms with Crippen molar-refractivity contribution < 1.29 is 8.42 Å². The molecule has 1 N–H and O–H groups in total. The van der Waals surface area contributed by atoms with Gasteiger partial charge in [-0.15, -0.1) is 0 Å². The molecule has 17 heavy (non-hydrogen) atoms. The van der Waals surface area contributed by atoms with E-state index in [1.165, 1.54) is 0 Å². The van der Waals surface area contributed by atoms with Gasteiger partial charge in [-0.1, -0.05) is 0 Å². The number of anilines is 1. The Morgan fingerprint density at radius 2 is 2.12 bits per heavy atom. The smallest absolute Gasteiger partial charge is 0.150 e. The molecule has 5 nitrogen and oxygen atoms in total. The number of nitriles is 1. The topological polar surface area (TPSA) is 82.9 Å². The fraction of sp³-hybridized carbons (Fsp3) is 0.455. The minimum Gasteiger partial charge on any atom is -0.382 e. The summed E-state index contributed by atoms with van der Waals surface area (Å²) in [6.07, 6.45) is 2.81. The van der Waals surface area contributed by atoms with Crippen molar-refractivity contribution in [3.8, 4) is 6.07 Å². The lowest BCUT2D eigenvalue weighted by Gasteiger charge is -2.23. The number of hydrogen-bond acceptors (Lipinski definition) is 5. The Bertz CT molecular complexity index is 534. The zero-order chi connectivity index (χ0) is 12.3. The molecule has 6 heteroatoms. The lowest BCUT2D eigenvalue weighted by atomic mass is 10.1. The molecule has 1 aliphatic heterocycles. The molecule has 1 saturated heterocycles. The molecule has 2 heterocycles. The van der Waals surface area contributed by atoms with Gasteiger partial charge in [-0.3, -0.25) is 0 Å². The van der Waals surface area contributed by atoms with Gasteiger partial charge in [0.2, 0.25) is 0 Å². The molecule has 90 valence electrons. The Morgan fingerprint density at radius 3 is 2.76 bits per heavy atom. The number of nitrogens with one attached hydrogen (secondary N) is 1. The van der Waals surface area contributed by atoms with Crippen LogP contribution < -0.4 is 5.32 Å². The maximum absolute atomic E-state index is 11.3. The molecule has 1 aromatic rings. The van der Waals surface area contributed by atoms with Crippen molar-refractivity contribution >= 4 is 15.5 Å². The number of aromatic nitrogens is 1. The first-order valence-electron chi connectivity index (χ1n) is 5.42. The highest BCUT2D eigenvalue weighted by atomic mass is 32.2. The van der Waals surface area contributed by atoms with Crippen LogP contribution in [0.5, 0.6) is 0 Å². The second-order valence-electron chi connectivity index (χ2n) is 4.11. The SMILES string of the molecule is N#Cc1cc(NC2CCS(=O)(=O)CC2)ccn1. The zero-order valence-electron chi connectivity index (χ0n) is 9.26. The van der Waals surface area contributed by atoms with E-state index >= 15 is 0 Å². The van der Waals surface area contributed by atoms with E-state index in [-0.39, 0.29) is 17.5 Å². The lowest BCUT2D eigenvalue weighted by Crippen LogP contribution is -2.32. The predicted molar refractivity (Wildman–Crippen MR) is 64.3 cm³/mol. The number of nitrogens with zero attached hydrogens (tertiary/aromatic N) is 2. The molecule has 0 unspecified atom stereocenters. The monoisotopic (exact) mass is 251 g/mol. The van der Waals surface area contributed by atoms with Crippen molar-refractivity contribution in [3.63, 3.8) is 0 Å². The largest absolute Gasteiger partial charge is 0.382 e. The third-order valence-electron chi connectivity index (χ3n) is 2.80. The highest BCUT2D eigenvalue weighted by Gasteiger charge is 2.23. The van der Waals surface area contributed by atoms with Crippen LogP contribution in [-0.4, -0.2) is 30.9 Å². The first-order chi connectivity index (χ1) is 8.09. The standard InChI is InChI=1S/C11H13N3O2S/c12-8-11-7-10(1-4-13-11)14-9-2-5-17(15,16)6-3-9/h1,4,7,9H,2-3,5-6H2,(H,13,14). The van der Waals surface area contributed by atoms with Gasteiger partial charge in [0.15, 0.2) is 0 Å². The molecule has 0 aromatic carbocycles. The van der Waals surface area contributed by atoms with Crippen LogP contribution in [0.15, 0.2) is 18.3 Å². The molecule has 0 spiro atoms.